The largest absolute Gasteiger partial charge is 0.384 e. The number of rotatable bonds is 4. The zero-order chi connectivity index (χ0) is 19.0. The number of hydrogen-bond donors (Lipinski definition) is 5. The molecule has 4 rings (SSSR count). The summed E-state index contributed by atoms with van der Waals surface area (Å²) < 4.78 is 0. The molecule has 4 aromatic rings. The molecule has 5 heteroatoms. The molecule has 7 N–H and O–H groups in total. The zero-order valence-electron chi connectivity index (χ0n) is 14.6. The Hall–Kier alpha value is -3.86. The number of nitrogens with one attached hydrogen (secondary N) is 3. The van der Waals surface area contributed by atoms with Crippen LogP contribution in [-0.2, 0) is 0 Å². The Morgan fingerprint density at radius 1 is 0.704 bits per heavy atom. The molecule has 3 aromatic carbocycles. The van der Waals surface area contributed by atoms with Crippen LogP contribution in [0.5, 0.6) is 0 Å². The maximum Gasteiger partial charge on any atom is 0.124 e. The molecule has 0 atom stereocenters. The van der Waals surface area contributed by atoms with E-state index in [2.05, 4.69) is 4.98 Å². The molecular formula is C22H19N5. The highest BCUT2D eigenvalue weighted by atomic mass is 14.8. The van der Waals surface area contributed by atoms with Crippen LogP contribution >= 0.6 is 0 Å². The standard InChI is InChI=1S/C22H19N5/c23-21(24)15-11-12-16-19(18(15)22(25)26)17(13-7-3-1-4-8-13)20(27-16)14-9-5-2-6-10-14/h1-12,27H,(H3,23,24)(H3,25,26). The topological polar surface area (TPSA) is 116 Å². The summed E-state index contributed by atoms with van der Waals surface area (Å²) >= 11 is 0. The zero-order valence-corrected chi connectivity index (χ0v) is 14.6. The minimum absolute atomic E-state index is 0.108. The van der Waals surface area contributed by atoms with Crippen LogP contribution in [0.3, 0.4) is 0 Å². The molecule has 0 fully saturated rings. The van der Waals surface area contributed by atoms with Crippen molar-refractivity contribution in [2.24, 2.45) is 11.5 Å². The van der Waals surface area contributed by atoms with Gasteiger partial charge < -0.3 is 16.5 Å². The van der Waals surface area contributed by atoms with Gasteiger partial charge in [-0.1, -0.05) is 60.7 Å². The minimum Gasteiger partial charge on any atom is -0.384 e. The van der Waals surface area contributed by atoms with E-state index in [4.69, 9.17) is 22.3 Å². The molecule has 0 unspecified atom stereocenters. The number of fused-ring (bicyclic) bond motifs is 1. The summed E-state index contributed by atoms with van der Waals surface area (Å²) in [7, 11) is 0. The molecule has 5 nitrogen and oxygen atoms in total. The van der Waals surface area contributed by atoms with Gasteiger partial charge in [-0.3, -0.25) is 10.8 Å². The molecule has 0 saturated heterocycles. The molecule has 0 bridgehead atoms. The Balaban J connectivity index is 2.19. The first-order chi connectivity index (χ1) is 13.1. The van der Waals surface area contributed by atoms with Gasteiger partial charge in [0.2, 0.25) is 0 Å². The second-order valence-electron chi connectivity index (χ2n) is 6.35. The number of H-pyrrole nitrogens is 1. The second-order valence-corrected chi connectivity index (χ2v) is 6.35. The van der Waals surface area contributed by atoms with E-state index in [1.54, 1.807) is 6.07 Å². The fourth-order valence-electron chi connectivity index (χ4n) is 3.51. The molecule has 0 radical (unpaired) electrons. The molecular weight excluding hydrogens is 334 g/mol. The van der Waals surface area contributed by atoms with E-state index in [1.807, 2.05) is 66.7 Å². The van der Waals surface area contributed by atoms with E-state index in [9.17, 15) is 0 Å². The van der Waals surface area contributed by atoms with Gasteiger partial charge >= 0.3 is 0 Å². The molecule has 0 aliphatic heterocycles. The third-order valence-corrected chi connectivity index (χ3v) is 4.65. The fourth-order valence-corrected chi connectivity index (χ4v) is 3.51. The molecule has 1 heterocycles. The summed E-state index contributed by atoms with van der Waals surface area (Å²) in [4.78, 5) is 3.48. The predicted octanol–water partition coefficient (Wildman–Crippen LogP) is 4.07. The second kappa shape index (κ2) is 6.46. The monoisotopic (exact) mass is 353 g/mol. The van der Waals surface area contributed by atoms with Crippen LogP contribution in [0.15, 0.2) is 72.8 Å². The van der Waals surface area contributed by atoms with E-state index in [0.29, 0.717) is 11.1 Å². The molecule has 0 aliphatic carbocycles. The fraction of sp³-hybridized carbons (Fsp3) is 0. The SMILES string of the molecule is N=C(N)c1ccc2[nH]c(-c3ccccc3)c(-c3ccccc3)c2c1C(=N)N. The van der Waals surface area contributed by atoms with Crippen molar-refractivity contribution in [1.29, 1.82) is 10.8 Å². The van der Waals surface area contributed by atoms with Gasteiger partial charge in [-0.15, -0.1) is 0 Å². The van der Waals surface area contributed by atoms with Crippen molar-refractivity contribution in [2.45, 2.75) is 0 Å². The molecule has 27 heavy (non-hydrogen) atoms. The third kappa shape index (κ3) is 2.75. The summed E-state index contributed by atoms with van der Waals surface area (Å²) in [5.74, 6) is -0.217. The van der Waals surface area contributed by atoms with Gasteiger partial charge in [0.25, 0.3) is 0 Å². The van der Waals surface area contributed by atoms with E-state index >= 15 is 0 Å². The average molecular weight is 353 g/mol. The van der Waals surface area contributed by atoms with Crippen LogP contribution in [0, 0.1) is 10.8 Å². The number of aromatic amines is 1. The Morgan fingerprint density at radius 3 is 1.85 bits per heavy atom. The lowest BCUT2D eigenvalue weighted by atomic mass is 9.93. The van der Waals surface area contributed by atoms with Crippen molar-refractivity contribution in [1.82, 2.24) is 4.98 Å². The molecule has 1 aromatic heterocycles. The number of aromatic nitrogens is 1. The van der Waals surface area contributed by atoms with Crippen molar-refractivity contribution >= 4 is 22.6 Å². The van der Waals surface area contributed by atoms with Crippen LogP contribution in [-0.4, -0.2) is 16.7 Å². The van der Waals surface area contributed by atoms with Crippen LogP contribution in [0.2, 0.25) is 0 Å². The van der Waals surface area contributed by atoms with Crippen molar-refractivity contribution in [3.05, 3.63) is 83.9 Å². The summed E-state index contributed by atoms with van der Waals surface area (Å²) in [6.07, 6.45) is 0. The predicted molar refractivity (Wildman–Crippen MR) is 111 cm³/mol. The summed E-state index contributed by atoms with van der Waals surface area (Å²) in [6.45, 7) is 0. The van der Waals surface area contributed by atoms with E-state index in [1.165, 1.54) is 0 Å². The Morgan fingerprint density at radius 2 is 1.30 bits per heavy atom. The van der Waals surface area contributed by atoms with Crippen molar-refractivity contribution in [3.63, 3.8) is 0 Å². The highest BCUT2D eigenvalue weighted by Gasteiger charge is 2.21. The molecule has 132 valence electrons. The first-order valence-corrected chi connectivity index (χ1v) is 8.56. The highest BCUT2D eigenvalue weighted by molar-refractivity contribution is 6.20. The number of amidine groups is 2. The summed E-state index contributed by atoms with van der Waals surface area (Å²) in [5, 5.41) is 16.8. The number of hydrogen-bond acceptors (Lipinski definition) is 2. The van der Waals surface area contributed by atoms with E-state index in [0.717, 1.165) is 33.3 Å². The normalized spacial score (nSPS) is 10.8. The van der Waals surface area contributed by atoms with Gasteiger partial charge in [0.1, 0.15) is 11.7 Å². The Bertz CT molecular complexity index is 1160. The highest BCUT2D eigenvalue weighted by Crippen LogP contribution is 2.40. The van der Waals surface area contributed by atoms with Crippen molar-refractivity contribution in [2.75, 3.05) is 0 Å². The molecule has 0 saturated carbocycles. The smallest absolute Gasteiger partial charge is 0.124 e. The van der Waals surface area contributed by atoms with Crippen LogP contribution in [0.25, 0.3) is 33.3 Å². The maximum atomic E-state index is 8.14. The minimum atomic E-state index is -0.110. The Kier molecular flexibility index (Phi) is 3.97. The Labute approximate surface area is 156 Å². The summed E-state index contributed by atoms with van der Waals surface area (Å²) in [6, 6.07) is 23.6. The number of nitrogens with two attached hydrogens (primary N) is 2. The van der Waals surface area contributed by atoms with Gasteiger partial charge in [0.15, 0.2) is 0 Å². The maximum absolute atomic E-state index is 8.14. The lowest BCUT2D eigenvalue weighted by molar-refractivity contribution is 1.39. The van der Waals surface area contributed by atoms with E-state index in [-0.39, 0.29) is 11.7 Å². The third-order valence-electron chi connectivity index (χ3n) is 4.65. The first kappa shape index (κ1) is 16.6. The van der Waals surface area contributed by atoms with Crippen LogP contribution in [0.4, 0.5) is 0 Å². The molecule has 0 aliphatic rings. The van der Waals surface area contributed by atoms with Gasteiger partial charge in [0.05, 0.1) is 5.69 Å². The van der Waals surface area contributed by atoms with Gasteiger partial charge in [0, 0.05) is 27.6 Å². The van der Waals surface area contributed by atoms with Gasteiger partial charge in [-0.05, 0) is 23.3 Å². The number of benzene rings is 3. The van der Waals surface area contributed by atoms with Gasteiger partial charge in [-0.25, -0.2) is 0 Å². The van der Waals surface area contributed by atoms with E-state index < -0.39 is 0 Å². The molecule has 0 amide bonds. The van der Waals surface area contributed by atoms with Crippen molar-refractivity contribution in [3.8, 4) is 22.4 Å². The van der Waals surface area contributed by atoms with Crippen molar-refractivity contribution < 1.29 is 0 Å². The lowest BCUT2D eigenvalue weighted by Crippen LogP contribution is -2.21. The van der Waals surface area contributed by atoms with Gasteiger partial charge in [-0.2, -0.15) is 0 Å². The summed E-state index contributed by atoms with van der Waals surface area (Å²) in [5.41, 5.74) is 17.4. The number of nitrogen functional groups attached to an aromatic ring is 2. The first-order valence-electron chi connectivity index (χ1n) is 8.56. The molecule has 0 spiro atoms. The lowest BCUT2D eigenvalue weighted by Gasteiger charge is -2.11. The average Bonchev–Trinajstić information content (AvgIpc) is 3.07. The van der Waals surface area contributed by atoms with Crippen LogP contribution < -0.4 is 11.5 Å². The quantitative estimate of drug-likeness (QED) is 0.281. The van der Waals surface area contributed by atoms with Crippen LogP contribution in [0.1, 0.15) is 11.1 Å².